The van der Waals surface area contributed by atoms with E-state index in [-0.39, 0.29) is 11.3 Å². The number of likely N-dealkylation sites (N-methyl/N-ethyl adjacent to an activating group) is 1. The number of likely N-dealkylation sites (tertiary alicyclic amines) is 1. The van der Waals surface area contributed by atoms with Gasteiger partial charge in [0, 0.05) is 18.7 Å². The highest BCUT2D eigenvalue weighted by Crippen LogP contribution is 2.39. The summed E-state index contributed by atoms with van der Waals surface area (Å²) < 4.78 is 5.50. The molecule has 1 amide bonds. The lowest BCUT2D eigenvalue weighted by atomic mass is 9.95. The maximum Gasteiger partial charge on any atom is 0.295 e. The molecule has 29 heavy (non-hydrogen) atoms. The SMILES string of the molecule is CCOc1cccc(C(O)=C2C(=O)C(=O)N(CCN(C)C)C2c2ccccc2)c1. The van der Waals surface area contributed by atoms with Crippen molar-refractivity contribution < 1.29 is 19.4 Å². The second kappa shape index (κ2) is 8.92. The van der Waals surface area contributed by atoms with Crippen molar-refractivity contribution in [2.45, 2.75) is 13.0 Å². The first-order valence-corrected chi connectivity index (χ1v) is 9.65. The van der Waals surface area contributed by atoms with Crippen molar-refractivity contribution in [2.24, 2.45) is 0 Å². The van der Waals surface area contributed by atoms with Crippen molar-refractivity contribution in [3.05, 3.63) is 71.3 Å². The molecule has 1 atom stereocenters. The van der Waals surface area contributed by atoms with Gasteiger partial charge in [0.25, 0.3) is 11.7 Å². The van der Waals surface area contributed by atoms with Gasteiger partial charge >= 0.3 is 0 Å². The molecule has 0 bridgehead atoms. The number of carbonyl (C=O) groups excluding carboxylic acids is 2. The largest absolute Gasteiger partial charge is 0.507 e. The van der Waals surface area contributed by atoms with Crippen LogP contribution in [-0.2, 0) is 9.59 Å². The van der Waals surface area contributed by atoms with Gasteiger partial charge in [-0.25, -0.2) is 0 Å². The molecule has 1 aliphatic heterocycles. The molecular formula is C23H26N2O4. The Bertz CT molecular complexity index is 921. The lowest BCUT2D eigenvalue weighted by Crippen LogP contribution is -2.35. The van der Waals surface area contributed by atoms with Gasteiger partial charge in [-0.3, -0.25) is 9.59 Å². The van der Waals surface area contributed by atoms with E-state index >= 15 is 0 Å². The smallest absolute Gasteiger partial charge is 0.295 e. The third kappa shape index (κ3) is 4.32. The Morgan fingerprint density at radius 3 is 2.48 bits per heavy atom. The van der Waals surface area contributed by atoms with Crippen molar-refractivity contribution in [1.82, 2.24) is 9.80 Å². The highest BCUT2D eigenvalue weighted by molar-refractivity contribution is 6.46. The molecule has 1 unspecified atom stereocenters. The highest BCUT2D eigenvalue weighted by atomic mass is 16.5. The van der Waals surface area contributed by atoms with Crippen molar-refractivity contribution in [2.75, 3.05) is 33.8 Å². The number of ketones is 1. The summed E-state index contributed by atoms with van der Waals surface area (Å²) >= 11 is 0. The number of benzene rings is 2. The fraction of sp³-hybridized carbons (Fsp3) is 0.304. The number of carbonyl (C=O) groups is 2. The number of aliphatic hydroxyl groups excluding tert-OH is 1. The average Bonchev–Trinajstić information content (AvgIpc) is 2.97. The van der Waals surface area contributed by atoms with E-state index in [4.69, 9.17) is 4.74 Å². The second-order valence-corrected chi connectivity index (χ2v) is 7.17. The van der Waals surface area contributed by atoms with Crippen LogP contribution in [0, 0.1) is 0 Å². The maximum atomic E-state index is 12.9. The number of aliphatic hydroxyl groups is 1. The van der Waals surface area contributed by atoms with Crippen molar-refractivity contribution in [1.29, 1.82) is 0 Å². The fourth-order valence-electron chi connectivity index (χ4n) is 3.46. The van der Waals surface area contributed by atoms with Gasteiger partial charge in [0.15, 0.2) is 0 Å². The summed E-state index contributed by atoms with van der Waals surface area (Å²) in [6.07, 6.45) is 0. The van der Waals surface area contributed by atoms with Crippen LogP contribution in [0.15, 0.2) is 60.2 Å². The molecule has 3 rings (SSSR count). The Kier molecular flexibility index (Phi) is 6.34. The number of ether oxygens (including phenoxy) is 1. The first-order chi connectivity index (χ1) is 13.9. The van der Waals surface area contributed by atoms with Crippen molar-refractivity contribution in [3.8, 4) is 5.75 Å². The van der Waals surface area contributed by atoms with Crippen LogP contribution in [0.3, 0.4) is 0 Å². The maximum absolute atomic E-state index is 12.9. The van der Waals surface area contributed by atoms with Gasteiger partial charge in [-0.05, 0) is 38.7 Å². The van der Waals surface area contributed by atoms with Gasteiger partial charge in [-0.1, -0.05) is 42.5 Å². The zero-order valence-corrected chi connectivity index (χ0v) is 17.0. The molecule has 1 saturated heterocycles. The molecule has 0 aromatic heterocycles. The minimum absolute atomic E-state index is 0.105. The van der Waals surface area contributed by atoms with Crippen LogP contribution >= 0.6 is 0 Å². The van der Waals surface area contributed by atoms with E-state index in [0.717, 1.165) is 5.56 Å². The van der Waals surface area contributed by atoms with E-state index in [2.05, 4.69) is 0 Å². The summed E-state index contributed by atoms with van der Waals surface area (Å²) in [6.45, 7) is 3.35. The zero-order valence-electron chi connectivity index (χ0n) is 17.0. The molecule has 1 aliphatic rings. The number of hydrogen-bond donors (Lipinski definition) is 1. The van der Waals surface area contributed by atoms with Crippen LogP contribution in [0.1, 0.15) is 24.1 Å². The van der Waals surface area contributed by atoms with Crippen molar-refractivity contribution >= 4 is 17.4 Å². The van der Waals surface area contributed by atoms with Gasteiger partial charge < -0.3 is 19.6 Å². The van der Waals surface area contributed by atoms with Crippen LogP contribution in [0.5, 0.6) is 5.75 Å². The molecule has 0 radical (unpaired) electrons. The van der Waals surface area contributed by atoms with E-state index < -0.39 is 17.7 Å². The lowest BCUT2D eigenvalue weighted by Gasteiger charge is -2.26. The van der Waals surface area contributed by atoms with E-state index in [9.17, 15) is 14.7 Å². The quantitative estimate of drug-likeness (QED) is 0.444. The molecule has 6 heteroatoms. The normalized spacial score (nSPS) is 18.5. The number of amides is 1. The molecule has 0 spiro atoms. The molecule has 0 aliphatic carbocycles. The fourth-order valence-corrected chi connectivity index (χ4v) is 3.46. The molecule has 6 nitrogen and oxygen atoms in total. The first kappa shape index (κ1) is 20.6. The Balaban J connectivity index is 2.11. The van der Waals surface area contributed by atoms with Gasteiger partial charge in [0.2, 0.25) is 0 Å². The van der Waals surface area contributed by atoms with Crippen LogP contribution in [0.25, 0.3) is 5.76 Å². The van der Waals surface area contributed by atoms with Crippen LogP contribution in [0.4, 0.5) is 0 Å². The first-order valence-electron chi connectivity index (χ1n) is 9.65. The van der Waals surface area contributed by atoms with Crippen molar-refractivity contribution in [3.63, 3.8) is 0 Å². The molecule has 2 aromatic rings. The van der Waals surface area contributed by atoms with Gasteiger partial charge in [-0.15, -0.1) is 0 Å². The summed E-state index contributed by atoms with van der Waals surface area (Å²) in [4.78, 5) is 29.2. The number of nitrogens with zero attached hydrogens (tertiary/aromatic N) is 2. The van der Waals surface area contributed by atoms with E-state index in [1.165, 1.54) is 4.90 Å². The monoisotopic (exact) mass is 394 g/mol. The standard InChI is InChI=1S/C23H26N2O4/c1-4-29-18-12-8-11-17(15-18)21(26)19-20(16-9-6-5-7-10-16)25(14-13-24(2)3)23(28)22(19)27/h5-12,15,20,26H,4,13-14H2,1-3H3. The summed E-state index contributed by atoms with van der Waals surface area (Å²) in [5.74, 6) is -0.860. The molecular weight excluding hydrogens is 368 g/mol. The molecule has 152 valence electrons. The Hall–Kier alpha value is -3.12. The summed E-state index contributed by atoms with van der Waals surface area (Å²) in [7, 11) is 3.82. The van der Waals surface area contributed by atoms with Crippen LogP contribution in [0.2, 0.25) is 0 Å². The Labute approximate surface area is 171 Å². The van der Waals surface area contributed by atoms with Crippen LogP contribution < -0.4 is 4.74 Å². The average molecular weight is 394 g/mol. The summed E-state index contributed by atoms with van der Waals surface area (Å²) in [6, 6.07) is 15.6. The third-order valence-electron chi connectivity index (χ3n) is 4.86. The number of hydrogen-bond acceptors (Lipinski definition) is 5. The van der Waals surface area contributed by atoms with E-state index in [0.29, 0.717) is 31.0 Å². The van der Waals surface area contributed by atoms with Crippen LogP contribution in [-0.4, -0.2) is 60.4 Å². The molecule has 1 fully saturated rings. The molecule has 2 aromatic carbocycles. The molecule has 1 heterocycles. The second-order valence-electron chi connectivity index (χ2n) is 7.17. The zero-order chi connectivity index (χ0) is 21.0. The third-order valence-corrected chi connectivity index (χ3v) is 4.86. The topological polar surface area (TPSA) is 70.1 Å². The molecule has 1 N–H and O–H groups in total. The lowest BCUT2D eigenvalue weighted by molar-refractivity contribution is -0.140. The van der Waals surface area contributed by atoms with E-state index in [1.807, 2.05) is 56.3 Å². The minimum Gasteiger partial charge on any atom is -0.507 e. The summed E-state index contributed by atoms with van der Waals surface area (Å²) in [5.41, 5.74) is 1.34. The highest BCUT2D eigenvalue weighted by Gasteiger charge is 2.45. The van der Waals surface area contributed by atoms with Gasteiger partial charge in [0.1, 0.15) is 11.5 Å². The number of Topliss-reactive ketones (excluding diaryl/α,β-unsaturated/α-hetero) is 1. The Morgan fingerprint density at radius 1 is 1.10 bits per heavy atom. The predicted octanol–water partition coefficient (Wildman–Crippen LogP) is 3.07. The Morgan fingerprint density at radius 2 is 1.83 bits per heavy atom. The van der Waals surface area contributed by atoms with Gasteiger partial charge in [-0.2, -0.15) is 0 Å². The number of rotatable bonds is 7. The van der Waals surface area contributed by atoms with E-state index in [1.54, 1.807) is 24.3 Å². The predicted molar refractivity (Wildman–Crippen MR) is 112 cm³/mol. The summed E-state index contributed by atoms with van der Waals surface area (Å²) in [5, 5.41) is 11.0. The molecule has 0 saturated carbocycles. The minimum atomic E-state index is -0.670. The van der Waals surface area contributed by atoms with Gasteiger partial charge in [0.05, 0.1) is 18.2 Å².